The normalized spacial score (nSPS) is 12.5. The topological polar surface area (TPSA) is 29.9 Å². The van der Waals surface area contributed by atoms with Gasteiger partial charge in [-0.05, 0) is 37.3 Å². The Bertz CT molecular complexity index is 550. The van der Waals surface area contributed by atoms with Gasteiger partial charge in [-0.3, -0.25) is 4.68 Å². The molecule has 1 atom stereocenters. The first-order chi connectivity index (χ1) is 10.3. The standard InChI is InChI=1S/C17H25N3S/c1-4-10-18-17(14-12-19-20(13-14)11-5-2)15-8-6-7-9-16(15)21-3/h6-9,12-13,17-18H,4-5,10-11H2,1-3H3. The first-order valence-electron chi connectivity index (χ1n) is 7.68. The van der Waals surface area contributed by atoms with E-state index in [1.54, 1.807) is 11.8 Å². The lowest BCUT2D eigenvalue weighted by Crippen LogP contribution is -2.23. The van der Waals surface area contributed by atoms with Crippen molar-refractivity contribution in [3.8, 4) is 0 Å². The van der Waals surface area contributed by atoms with Crippen molar-refractivity contribution in [1.29, 1.82) is 0 Å². The molecule has 0 spiro atoms. The van der Waals surface area contributed by atoms with Crippen LogP contribution in [0.2, 0.25) is 0 Å². The second-order valence-electron chi connectivity index (χ2n) is 5.17. The summed E-state index contributed by atoms with van der Waals surface area (Å²) in [4.78, 5) is 1.33. The fraction of sp³-hybridized carbons (Fsp3) is 0.471. The summed E-state index contributed by atoms with van der Waals surface area (Å²) in [5.41, 5.74) is 2.59. The minimum Gasteiger partial charge on any atom is -0.306 e. The molecule has 0 bridgehead atoms. The van der Waals surface area contributed by atoms with Gasteiger partial charge >= 0.3 is 0 Å². The average molecular weight is 303 g/mol. The first kappa shape index (κ1) is 16.1. The predicted octanol–water partition coefficient (Wildman–Crippen LogP) is 4.10. The van der Waals surface area contributed by atoms with E-state index in [0.717, 1.165) is 25.9 Å². The van der Waals surface area contributed by atoms with Crippen molar-refractivity contribution in [2.45, 2.75) is 44.2 Å². The Morgan fingerprint density at radius 2 is 2.05 bits per heavy atom. The molecule has 0 aliphatic carbocycles. The Balaban J connectivity index is 2.32. The number of rotatable bonds is 8. The molecule has 0 amide bonds. The molecule has 1 aromatic carbocycles. The third kappa shape index (κ3) is 4.11. The molecule has 2 rings (SSSR count). The maximum absolute atomic E-state index is 4.49. The highest BCUT2D eigenvalue weighted by Gasteiger charge is 2.18. The zero-order valence-corrected chi connectivity index (χ0v) is 14.0. The van der Waals surface area contributed by atoms with E-state index in [4.69, 9.17) is 0 Å². The van der Waals surface area contributed by atoms with Gasteiger partial charge in [-0.15, -0.1) is 11.8 Å². The van der Waals surface area contributed by atoms with Crippen LogP contribution in [0.5, 0.6) is 0 Å². The van der Waals surface area contributed by atoms with Crippen molar-refractivity contribution in [3.63, 3.8) is 0 Å². The minimum atomic E-state index is 0.221. The predicted molar refractivity (Wildman–Crippen MR) is 90.9 cm³/mol. The van der Waals surface area contributed by atoms with Crippen LogP contribution in [-0.2, 0) is 6.54 Å². The third-order valence-electron chi connectivity index (χ3n) is 3.49. The Morgan fingerprint density at radius 1 is 1.24 bits per heavy atom. The number of nitrogens with one attached hydrogen (secondary N) is 1. The molecule has 1 N–H and O–H groups in total. The van der Waals surface area contributed by atoms with Gasteiger partial charge in [0.05, 0.1) is 12.2 Å². The van der Waals surface area contributed by atoms with Crippen molar-refractivity contribution in [1.82, 2.24) is 15.1 Å². The molecule has 0 fully saturated rings. The highest BCUT2D eigenvalue weighted by atomic mass is 32.2. The molecule has 0 saturated heterocycles. The molecule has 1 heterocycles. The summed E-state index contributed by atoms with van der Waals surface area (Å²) in [5, 5.41) is 8.15. The van der Waals surface area contributed by atoms with Crippen LogP contribution < -0.4 is 5.32 Å². The first-order valence-corrected chi connectivity index (χ1v) is 8.91. The fourth-order valence-electron chi connectivity index (χ4n) is 2.48. The summed E-state index contributed by atoms with van der Waals surface area (Å²) < 4.78 is 2.04. The number of hydrogen-bond acceptors (Lipinski definition) is 3. The Kier molecular flexibility index (Phi) is 6.33. The van der Waals surface area contributed by atoms with Gasteiger partial charge in [0.1, 0.15) is 0 Å². The molecule has 0 aliphatic heterocycles. The van der Waals surface area contributed by atoms with Gasteiger partial charge < -0.3 is 5.32 Å². The number of thioether (sulfide) groups is 1. The van der Waals surface area contributed by atoms with Gasteiger partial charge in [0, 0.05) is 23.2 Å². The van der Waals surface area contributed by atoms with E-state index in [1.807, 2.05) is 10.9 Å². The van der Waals surface area contributed by atoms with Crippen molar-refractivity contribution < 1.29 is 0 Å². The summed E-state index contributed by atoms with van der Waals surface area (Å²) in [7, 11) is 0. The van der Waals surface area contributed by atoms with Crippen LogP contribution in [0, 0.1) is 0 Å². The van der Waals surface area contributed by atoms with E-state index in [1.165, 1.54) is 16.0 Å². The molecular weight excluding hydrogens is 278 g/mol. The van der Waals surface area contributed by atoms with Crippen LogP contribution in [0.15, 0.2) is 41.6 Å². The van der Waals surface area contributed by atoms with E-state index < -0.39 is 0 Å². The van der Waals surface area contributed by atoms with Gasteiger partial charge in [-0.25, -0.2) is 0 Å². The van der Waals surface area contributed by atoms with Gasteiger partial charge in [-0.2, -0.15) is 5.10 Å². The van der Waals surface area contributed by atoms with Gasteiger partial charge in [0.2, 0.25) is 0 Å². The zero-order valence-electron chi connectivity index (χ0n) is 13.2. The molecule has 1 unspecified atom stereocenters. The quantitative estimate of drug-likeness (QED) is 0.745. The molecule has 3 nitrogen and oxygen atoms in total. The van der Waals surface area contributed by atoms with Crippen LogP contribution in [0.25, 0.3) is 0 Å². The van der Waals surface area contributed by atoms with Crippen LogP contribution in [0.4, 0.5) is 0 Å². The molecular formula is C17H25N3S. The van der Waals surface area contributed by atoms with Gasteiger partial charge in [-0.1, -0.05) is 32.0 Å². The van der Waals surface area contributed by atoms with E-state index in [2.05, 4.69) is 61.0 Å². The molecule has 0 saturated carbocycles. The van der Waals surface area contributed by atoms with Crippen LogP contribution in [0.1, 0.15) is 43.9 Å². The lowest BCUT2D eigenvalue weighted by Gasteiger charge is -2.20. The molecule has 114 valence electrons. The lowest BCUT2D eigenvalue weighted by molar-refractivity contribution is 0.584. The average Bonchev–Trinajstić information content (AvgIpc) is 2.97. The Morgan fingerprint density at radius 3 is 2.76 bits per heavy atom. The molecule has 21 heavy (non-hydrogen) atoms. The van der Waals surface area contributed by atoms with Gasteiger partial charge in [0.25, 0.3) is 0 Å². The monoisotopic (exact) mass is 303 g/mol. The minimum absolute atomic E-state index is 0.221. The highest BCUT2D eigenvalue weighted by molar-refractivity contribution is 7.98. The van der Waals surface area contributed by atoms with E-state index in [9.17, 15) is 0 Å². The van der Waals surface area contributed by atoms with E-state index in [0.29, 0.717) is 0 Å². The molecule has 4 heteroatoms. The van der Waals surface area contributed by atoms with Crippen LogP contribution in [-0.4, -0.2) is 22.6 Å². The SMILES string of the molecule is CCCNC(c1cnn(CCC)c1)c1ccccc1SC. The number of aryl methyl sites for hydroxylation is 1. The largest absolute Gasteiger partial charge is 0.306 e. The number of benzene rings is 1. The second kappa shape index (κ2) is 8.25. The van der Waals surface area contributed by atoms with Crippen LogP contribution in [0.3, 0.4) is 0 Å². The Labute approximate surface area is 132 Å². The number of aromatic nitrogens is 2. The van der Waals surface area contributed by atoms with Crippen molar-refractivity contribution in [2.24, 2.45) is 0 Å². The van der Waals surface area contributed by atoms with Crippen molar-refractivity contribution in [3.05, 3.63) is 47.8 Å². The molecule has 2 aromatic rings. The number of nitrogens with zero attached hydrogens (tertiary/aromatic N) is 2. The summed E-state index contributed by atoms with van der Waals surface area (Å²) in [5.74, 6) is 0. The van der Waals surface area contributed by atoms with Crippen molar-refractivity contribution >= 4 is 11.8 Å². The van der Waals surface area contributed by atoms with Crippen molar-refractivity contribution in [2.75, 3.05) is 12.8 Å². The maximum Gasteiger partial charge on any atom is 0.0618 e. The molecule has 1 aromatic heterocycles. The molecule has 0 radical (unpaired) electrons. The third-order valence-corrected chi connectivity index (χ3v) is 4.30. The smallest absolute Gasteiger partial charge is 0.0618 e. The van der Waals surface area contributed by atoms with Gasteiger partial charge in [0.15, 0.2) is 0 Å². The van der Waals surface area contributed by atoms with E-state index >= 15 is 0 Å². The number of hydrogen-bond donors (Lipinski definition) is 1. The summed E-state index contributed by atoms with van der Waals surface area (Å²) >= 11 is 1.80. The second-order valence-corrected chi connectivity index (χ2v) is 6.01. The zero-order chi connectivity index (χ0) is 15.1. The fourth-order valence-corrected chi connectivity index (χ4v) is 3.12. The highest BCUT2D eigenvalue weighted by Crippen LogP contribution is 2.30. The van der Waals surface area contributed by atoms with Crippen LogP contribution >= 0.6 is 11.8 Å². The summed E-state index contributed by atoms with van der Waals surface area (Å²) in [6.07, 6.45) is 8.54. The maximum atomic E-state index is 4.49. The summed E-state index contributed by atoms with van der Waals surface area (Å²) in [6, 6.07) is 8.85. The Hall–Kier alpha value is -1.26. The van der Waals surface area contributed by atoms with E-state index in [-0.39, 0.29) is 6.04 Å². The molecule has 0 aliphatic rings. The lowest BCUT2D eigenvalue weighted by atomic mass is 10.0. The summed E-state index contributed by atoms with van der Waals surface area (Å²) in [6.45, 7) is 6.36.